The first-order chi connectivity index (χ1) is 9.58. The Balaban J connectivity index is 2.15. The van der Waals surface area contributed by atoms with E-state index in [4.69, 9.17) is 5.73 Å². The summed E-state index contributed by atoms with van der Waals surface area (Å²) in [5, 5.41) is 3.39. The van der Waals surface area contributed by atoms with Gasteiger partial charge in [-0.15, -0.1) is 11.3 Å². The highest BCUT2D eigenvalue weighted by Crippen LogP contribution is 2.37. The highest BCUT2D eigenvalue weighted by Gasteiger charge is 2.17. The average Bonchev–Trinajstić information content (AvgIpc) is 2.86. The third-order valence-corrected chi connectivity index (χ3v) is 6.10. The van der Waals surface area contributed by atoms with Gasteiger partial charge in [0, 0.05) is 13.6 Å². The van der Waals surface area contributed by atoms with Crippen molar-refractivity contribution in [3.63, 3.8) is 0 Å². The van der Waals surface area contributed by atoms with E-state index in [0.717, 1.165) is 14.5 Å². The number of aryl methyl sites for hydroxylation is 1. The number of benzene rings is 2. The summed E-state index contributed by atoms with van der Waals surface area (Å²) in [4.78, 5) is 0. The molecular weight excluding hydrogens is 398 g/mol. The molecule has 0 bridgehead atoms. The molecule has 1 atom stereocenters. The number of halogens is 2. The molecule has 1 heterocycles. The number of thiophene rings is 1. The van der Waals surface area contributed by atoms with E-state index in [1.807, 2.05) is 0 Å². The molecule has 3 aromatic rings. The fourth-order valence-electron chi connectivity index (χ4n) is 2.35. The third kappa shape index (κ3) is 2.46. The molecule has 2 N–H and O–H groups in total. The SMILES string of the molecule is Cc1ccc(Br)c(C(N)c2csc3c(Br)cccc23)c1. The fraction of sp³-hybridized carbons (Fsp3) is 0.125. The summed E-state index contributed by atoms with van der Waals surface area (Å²) in [6.45, 7) is 2.09. The van der Waals surface area contributed by atoms with Gasteiger partial charge in [-0.3, -0.25) is 0 Å². The van der Waals surface area contributed by atoms with Gasteiger partial charge in [-0.2, -0.15) is 0 Å². The minimum atomic E-state index is -0.118. The van der Waals surface area contributed by atoms with Gasteiger partial charge in [0.05, 0.1) is 6.04 Å². The van der Waals surface area contributed by atoms with Crippen molar-refractivity contribution in [2.75, 3.05) is 0 Å². The lowest BCUT2D eigenvalue weighted by Gasteiger charge is -2.14. The number of fused-ring (bicyclic) bond motifs is 1. The average molecular weight is 411 g/mol. The summed E-state index contributed by atoms with van der Waals surface area (Å²) in [5.74, 6) is 0. The molecule has 0 saturated heterocycles. The Kier molecular flexibility index (Phi) is 4.00. The maximum absolute atomic E-state index is 6.51. The van der Waals surface area contributed by atoms with E-state index >= 15 is 0 Å². The van der Waals surface area contributed by atoms with Crippen molar-refractivity contribution in [2.45, 2.75) is 13.0 Å². The van der Waals surface area contributed by atoms with E-state index < -0.39 is 0 Å². The van der Waals surface area contributed by atoms with E-state index in [1.165, 1.54) is 21.2 Å². The zero-order chi connectivity index (χ0) is 14.3. The van der Waals surface area contributed by atoms with Gasteiger partial charge in [-0.05, 0) is 56.9 Å². The van der Waals surface area contributed by atoms with Gasteiger partial charge in [0.25, 0.3) is 0 Å². The predicted molar refractivity (Wildman–Crippen MR) is 94.4 cm³/mol. The number of hydrogen-bond donors (Lipinski definition) is 1. The first-order valence-corrected chi connectivity index (χ1v) is 8.71. The maximum atomic E-state index is 6.51. The van der Waals surface area contributed by atoms with Gasteiger partial charge in [0.1, 0.15) is 0 Å². The van der Waals surface area contributed by atoms with Crippen LogP contribution >= 0.6 is 43.2 Å². The summed E-state index contributed by atoms with van der Waals surface area (Å²) >= 11 is 8.94. The molecule has 0 aliphatic rings. The topological polar surface area (TPSA) is 26.0 Å². The minimum Gasteiger partial charge on any atom is -0.320 e. The van der Waals surface area contributed by atoms with Crippen molar-refractivity contribution < 1.29 is 0 Å². The molecular formula is C16H13Br2NS. The van der Waals surface area contributed by atoms with E-state index in [1.54, 1.807) is 11.3 Å². The van der Waals surface area contributed by atoms with Crippen LogP contribution in [-0.4, -0.2) is 0 Å². The molecule has 1 nitrogen and oxygen atoms in total. The summed E-state index contributed by atoms with van der Waals surface area (Å²) in [6.07, 6.45) is 0. The second-order valence-corrected chi connectivity index (χ2v) is 7.40. The van der Waals surface area contributed by atoms with Crippen LogP contribution in [0.3, 0.4) is 0 Å². The lowest BCUT2D eigenvalue weighted by atomic mass is 9.98. The van der Waals surface area contributed by atoms with Crippen LogP contribution in [0.5, 0.6) is 0 Å². The predicted octanol–water partition coefficient (Wildman–Crippen LogP) is 5.78. The molecule has 4 heteroatoms. The maximum Gasteiger partial charge on any atom is 0.0577 e. The lowest BCUT2D eigenvalue weighted by Crippen LogP contribution is -2.12. The first-order valence-electron chi connectivity index (χ1n) is 6.25. The van der Waals surface area contributed by atoms with Gasteiger partial charge in [0.15, 0.2) is 0 Å². The summed E-state index contributed by atoms with van der Waals surface area (Å²) in [5.41, 5.74) is 10.0. The van der Waals surface area contributed by atoms with Crippen molar-refractivity contribution in [3.05, 3.63) is 67.4 Å². The van der Waals surface area contributed by atoms with Crippen LogP contribution in [0.15, 0.2) is 50.7 Å². The van der Waals surface area contributed by atoms with Crippen molar-refractivity contribution in [1.29, 1.82) is 0 Å². The molecule has 0 radical (unpaired) electrons. The van der Waals surface area contributed by atoms with Crippen molar-refractivity contribution in [1.82, 2.24) is 0 Å². The summed E-state index contributed by atoms with van der Waals surface area (Å²) in [7, 11) is 0. The highest BCUT2D eigenvalue weighted by molar-refractivity contribution is 9.11. The molecule has 102 valence electrons. The Morgan fingerprint density at radius 2 is 1.85 bits per heavy atom. The van der Waals surface area contributed by atoms with E-state index in [0.29, 0.717) is 0 Å². The third-order valence-electron chi connectivity index (χ3n) is 3.40. The van der Waals surface area contributed by atoms with E-state index in [9.17, 15) is 0 Å². The lowest BCUT2D eigenvalue weighted by molar-refractivity contribution is 0.877. The zero-order valence-electron chi connectivity index (χ0n) is 10.9. The Morgan fingerprint density at radius 1 is 1.05 bits per heavy atom. The van der Waals surface area contributed by atoms with Crippen LogP contribution in [0.25, 0.3) is 10.1 Å². The van der Waals surface area contributed by atoms with Crippen molar-refractivity contribution in [3.8, 4) is 0 Å². The molecule has 0 saturated carbocycles. The fourth-order valence-corrected chi connectivity index (χ4v) is 4.50. The van der Waals surface area contributed by atoms with Crippen LogP contribution in [0.2, 0.25) is 0 Å². The number of nitrogens with two attached hydrogens (primary N) is 1. The van der Waals surface area contributed by atoms with Crippen LogP contribution in [0, 0.1) is 6.92 Å². The zero-order valence-corrected chi connectivity index (χ0v) is 14.8. The molecule has 1 aromatic heterocycles. The molecule has 2 aromatic carbocycles. The van der Waals surface area contributed by atoms with E-state index in [-0.39, 0.29) is 6.04 Å². The Morgan fingerprint density at radius 3 is 2.65 bits per heavy atom. The van der Waals surface area contributed by atoms with Crippen molar-refractivity contribution in [2.24, 2.45) is 5.73 Å². The second kappa shape index (κ2) is 5.60. The molecule has 0 aliphatic heterocycles. The normalized spacial score (nSPS) is 12.8. The van der Waals surface area contributed by atoms with Gasteiger partial charge < -0.3 is 5.73 Å². The van der Waals surface area contributed by atoms with Gasteiger partial charge >= 0.3 is 0 Å². The van der Waals surface area contributed by atoms with Gasteiger partial charge in [0.2, 0.25) is 0 Å². The second-order valence-electron chi connectivity index (χ2n) is 4.81. The quantitative estimate of drug-likeness (QED) is 0.568. The molecule has 0 spiro atoms. The largest absolute Gasteiger partial charge is 0.320 e. The molecule has 1 unspecified atom stereocenters. The smallest absolute Gasteiger partial charge is 0.0577 e. The Labute approximate surface area is 139 Å². The van der Waals surface area contributed by atoms with Crippen LogP contribution in [0.1, 0.15) is 22.7 Å². The van der Waals surface area contributed by atoms with Gasteiger partial charge in [-0.25, -0.2) is 0 Å². The standard InChI is InChI=1S/C16H13Br2NS/c1-9-5-6-13(17)11(7-9)15(19)12-8-20-16-10(12)3-2-4-14(16)18/h2-8,15H,19H2,1H3. The molecule has 0 amide bonds. The Hall–Kier alpha value is -0.680. The molecule has 0 aliphatic carbocycles. The molecule has 20 heavy (non-hydrogen) atoms. The number of rotatable bonds is 2. The van der Waals surface area contributed by atoms with Gasteiger partial charge in [-0.1, -0.05) is 45.8 Å². The van der Waals surface area contributed by atoms with Crippen LogP contribution in [0.4, 0.5) is 0 Å². The summed E-state index contributed by atoms with van der Waals surface area (Å²) < 4.78 is 3.44. The summed E-state index contributed by atoms with van der Waals surface area (Å²) in [6, 6.07) is 12.4. The molecule has 0 fully saturated rings. The first kappa shape index (κ1) is 14.3. The minimum absolute atomic E-state index is 0.118. The van der Waals surface area contributed by atoms with Crippen molar-refractivity contribution >= 4 is 53.3 Å². The molecule has 3 rings (SSSR count). The van der Waals surface area contributed by atoms with E-state index in [2.05, 4.69) is 80.6 Å². The number of hydrogen-bond acceptors (Lipinski definition) is 2. The Bertz CT molecular complexity index is 779. The highest BCUT2D eigenvalue weighted by atomic mass is 79.9. The monoisotopic (exact) mass is 409 g/mol. The van der Waals surface area contributed by atoms with Crippen LogP contribution < -0.4 is 5.73 Å². The van der Waals surface area contributed by atoms with Crippen LogP contribution in [-0.2, 0) is 0 Å².